The van der Waals surface area contributed by atoms with E-state index >= 15 is 0 Å². The minimum Gasteiger partial charge on any atom is -0.494 e. The van der Waals surface area contributed by atoms with Crippen molar-refractivity contribution in [3.05, 3.63) is 100 Å². The smallest absolute Gasteiger partial charge is 0.271 e. The van der Waals surface area contributed by atoms with Gasteiger partial charge in [-0.1, -0.05) is 42.5 Å². The van der Waals surface area contributed by atoms with E-state index in [9.17, 15) is 4.79 Å². The van der Waals surface area contributed by atoms with Gasteiger partial charge in [0, 0.05) is 5.56 Å². The molecule has 1 amide bonds. The lowest BCUT2D eigenvalue weighted by molar-refractivity contribution is 0.0955. The van der Waals surface area contributed by atoms with E-state index in [4.69, 9.17) is 14.2 Å². The van der Waals surface area contributed by atoms with E-state index in [2.05, 4.69) is 50.7 Å². The third-order valence-electron chi connectivity index (χ3n) is 5.31. The van der Waals surface area contributed by atoms with Crippen LogP contribution in [0.15, 0.2) is 88.4 Å². The number of nitrogens with one attached hydrogen (secondary N) is 1. The Labute approximate surface area is 212 Å². The Balaban J connectivity index is 1.44. The topological polar surface area (TPSA) is 69.2 Å². The number of methoxy groups -OCH3 is 1. The fourth-order valence-corrected chi connectivity index (χ4v) is 4.20. The van der Waals surface area contributed by atoms with Crippen LogP contribution in [0, 0.1) is 0 Å². The minimum absolute atomic E-state index is 0.314. The van der Waals surface area contributed by atoms with Crippen molar-refractivity contribution >= 4 is 38.8 Å². The molecule has 6 nitrogen and oxygen atoms in total. The molecule has 0 heterocycles. The average molecular weight is 533 g/mol. The van der Waals surface area contributed by atoms with Gasteiger partial charge in [0.15, 0.2) is 11.5 Å². The molecule has 178 valence electrons. The quantitative estimate of drug-likeness (QED) is 0.201. The first-order valence-corrected chi connectivity index (χ1v) is 11.9. The molecule has 0 radical (unpaired) electrons. The largest absolute Gasteiger partial charge is 0.494 e. The molecule has 4 rings (SSSR count). The molecule has 0 aliphatic carbocycles. The highest BCUT2D eigenvalue weighted by atomic mass is 79.9. The van der Waals surface area contributed by atoms with Crippen LogP contribution < -0.4 is 19.6 Å². The van der Waals surface area contributed by atoms with Crippen LogP contribution in [0.1, 0.15) is 28.4 Å². The third-order valence-corrected chi connectivity index (χ3v) is 5.90. The second-order valence-corrected chi connectivity index (χ2v) is 8.47. The van der Waals surface area contributed by atoms with Gasteiger partial charge in [-0.15, -0.1) is 0 Å². The molecule has 4 aromatic carbocycles. The van der Waals surface area contributed by atoms with E-state index in [0.29, 0.717) is 36.0 Å². The molecule has 0 saturated carbocycles. The number of hydrogen-bond donors (Lipinski definition) is 1. The number of rotatable bonds is 9. The normalized spacial score (nSPS) is 10.9. The number of hydrogen-bond acceptors (Lipinski definition) is 5. The lowest BCUT2D eigenvalue weighted by Gasteiger charge is -2.14. The predicted molar refractivity (Wildman–Crippen MR) is 142 cm³/mol. The average Bonchev–Trinajstić information content (AvgIpc) is 2.88. The molecule has 0 saturated heterocycles. The molecule has 35 heavy (non-hydrogen) atoms. The molecule has 7 heteroatoms. The molecule has 0 atom stereocenters. The van der Waals surface area contributed by atoms with Crippen molar-refractivity contribution in [2.45, 2.75) is 13.5 Å². The SMILES string of the molecule is CCOc1ccc(C(=O)N/N=C\c2cc(Br)c(OCc3cccc4ccccc34)c(OC)c2)cc1. The number of hydrazone groups is 1. The standard InChI is InChI=1S/C28H25BrN2O4/c1-3-34-23-13-11-21(12-14-23)28(32)31-30-17-19-15-25(29)27(26(16-19)33-2)35-18-22-9-6-8-20-7-4-5-10-24(20)22/h4-17H,3,18H2,1-2H3,(H,31,32)/b30-17-. The first kappa shape index (κ1) is 24.3. The lowest BCUT2D eigenvalue weighted by atomic mass is 10.1. The molecular weight excluding hydrogens is 508 g/mol. The highest BCUT2D eigenvalue weighted by molar-refractivity contribution is 9.10. The molecule has 0 spiro atoms. The summed E-state index contributed by atoms with van der Waals surface area (Å²) in [6.45, 7) is 2.87. The Morgan fingerprint density at radius 3 is 2.54 bits per heavy atom. The van der Waals surface area contributed by atoms with Crippen LogP contribution >= 0.6 is 15.9 Å². The summed E-state index contributed by atoms with van der Waals surface area (Å²) in [6.07, 6.45) is 1.55. The van der Waals surface area contributed by atoms with E-state index in [1.165, 1.54) is 5.39 Å². The molecule has 0 bridgehead atoms. The zero-order valence-electron chi connectivity index (χ0n) is 19.5. The number of ether oxygens (including phenoxy) is 3. The van der Waals surface area contributed by atoms with E-state index in [1.807, 2.05) is 31.2 Å². The second-order valence-electron chi connectivity index (χ2n) is 7.62. The van der Waals surface area contributed by atoms with Crippen molar-refractivity contribution in [1.82, 2.24) is 5.43 Å². The first-order valence-electron chi connectivity index (χ1n) is 11.1. The van der Waals surface area contributed by atoms with Gasteiger partial charge in [0.1, 0.15) is 12.4 Å². The van der Waals surface area contributed by atoms with Gasteiger partial charge in [0.05, 0.1) is 24.4 Å². The van der Waals surface area contributed by atoms with Crippen molar-refractivity contribution in [2.24, 2.45) is 5.10 Å². The number of carbonyl (C=O) groups is 1. The number of halogens is 1. The Bertz CT molecular complexity index is 1350. The minimum atomic E-state index is -0.314. The van der Waals surface area contributed by atoms with E-state index < -0.39 is 0 Å². The van der Waals surface area contributed by atoms with E-state index in [0.717, 1.165) is 21.0 Å². The number of benzene rings is 4. The van der Waals surface area contributed by atoms with E-state index in [-0.39, 0.29) is 5.91 Å². The summed E-state index contributed by atoms with van der Waals surface area (Å²) in [5.74, 6) is 1.55. The molecule has 4 aromatic rings. The Morgan fingerprint density at radius 1 is 1.00 bits per heavy atom. The number of nitrogens with zero attached hydrogens (tertiary/aromatic N) is 1. The lowest BCUT2D eigenvalue weighted by Crippen LogP contribution is -2.17. The maximum Gasteiger partial charge on any atom is 0.271 e. The Kier molecular flexibility index (Phi) is 8.00. The summed E-state index contributed by atoms with van der Waals surface area (Å²) >= 11 is 3.57. The third kappa shape index (κ3) is 6.00. The zero-order valence-corrected chi connectivity index (χ0v) is 21.0. The Morgan fingerprint density at radius 2 is 1.77 bits per heavy atom. The second kappa shape index (κ2) is 11.5. The molecular formula is C28H25BrN2O4. The fraction of sp³-hybridized carbons (Fsp3) is 0.143. The van der Waals surface area contributed by atoms with Crippen LogP contribution in [0.3, 0.4) is 0 Å². The van der Waals surface area contributed by atoms with Gasteiger partial charge in [-0.2, -0.15) is 5.10 Å². The van der Waals surface area contributed by atoms with Gasteiger partial charge in [-0.3, -0.25) is 4.79 Å². The highest BCUT2D eigenvalue weighted by Crippen LogP contribution is 2.37. The van der Waals surface area contributed by atoms with Gasteiger partial charge >= 0.3 is 0 Å². The van der Waals surface area contributed by atoms with Crippen molar-refractivity contribution in [1.29, 1.82) is 0 Å². The van der Waals surface area contributed by atoms with Crippen LogP contribution in [0.5, 0.6) is 17.2 Å². The highest BCUT2D eigenvalue weighted by Gasteiger charge is 2.13. The summed E-state index contributed by atoms with van der Waals surface area (Å²) in [7, 11) is 1.58. The van der Waals surface area contributed by atoms with Gasteiger partial charge < -0.3 is 14.2 Å². The molecule has 0 unspecified atom stereocenters. The molecule has 1 N–H and O–H groups in total. The number of amides is 1. The summed E-state index contributed by atoms with van der Waals surface area (Å²) in [4.78, 5) is 12.3. The maximum absolute atomic E-state index is 12.3. The van der Waals surface area contributed by atoms with Crippen LogP contribution in [0.25, 0.3) is 10.8 Å². The molecule has 0 aliphatic rings. The van der Waals surface area contributed by atoms with E-state index in [1.54, 1.807) is 43.7 Å². The maximum atomic E-state index is 12.3. The van der Waals surface area contributed by atoms with Gasteiger partial charge in [-0.25, -0.2) is 5.43 Å². The monoisotopic (exact) mass is 532 g/mol. The van der Waals surface area contributed by atoms with Crippen molar-refractivity contribution < 1.29 is 19.0 Å². The summed E-state index contributed by atoms with van der Waals surface area (Å²) in [6, 6.07) is 24.9. The van der Waals surface area contributed by atoms with Crippen LogP contribution in [0.4, 0.5) is 0 Å². The molecule has 0 aromatic heterocycles. The van der Waals surface area contributed by atoms with Crippen molar-refractivity contribution in [3.8, 4) is 17.2 Å². The summed E-state index contributed by atoms with van der Waals surface area (Å²) < 4.78 is 17.8. The number of fused-ring (bicyclic) bond motifs is 1. The van der Waals surface area contributed by atoms with Gasteiger partial charge in [-0.05, 0) is 81.2 Å². The van der Waals surface area contributed by atoms with Crippen molar-refractivity contribution in [2.75, 3.05) is 13.7 Å². The summed E-state index contributed by atoms with van der Waals surface area (Å²) in [5.41, 5.74) is 4.84. The van der Waals surface area contributed by atoms with Crippen LogP contribution in [0.2, 0.25) is 0 Å². The predicted octanol–water partition coefficient (Wildman–Crippen LogP) is 6.35. The number of carbonyl (C=O) groups excluding carboxylic acids is 1. The van der Waals surface area contributed by atoms with Gasteiger partial charge in [0.25, 0.3) is 5.91 Å². The summed E-state index contributed by atoms with van der Waals surface area (Å²) in [5, 5.41) is 6.39. The van der Waals surface area contributed by atoms with Crippen LogP contribution in [-0.2, 0) is 6.61 Å². The first-order chi connectivity index (χ1) is 17.1. The fourth-order valence-electron chi connectivity index (χ4n) is 3.62. The molecule has 0 fully saturated rings. The van der Waals surface area contributed by atoms with Gasteiger partial charge in [0.2, 0.25) is 0 Å². The van der Waals surface area contributed by atoms with Crippen LogP contribution in [-0.4, -0.2) is 25.8 Å². The van der Waals surface area contributed by atoms with Crippen molar-refractivity contribution in [3.63, 3.8) is 0 Å². The molecule has 0 aliphatic heterocycles. The Hall–Kier alpha value is -3.84. The zero-order chi connectivity index (χ0) is 24.6.